The Labute approximate surface area is 117 Å². The van der Waals surface area contributed by atoms with Crippen LogP contribution in [0, 0.1) is 12.8 Å². The fraction of sp³-hybridized carbons (Fsp3) is 0.375. The highest BCUT2D eigenvalue weighted by Gasteiger charge is 2.44. The number of halogens is 1. The molecule has 3 rings (SSSR count). The van der Waals surface area contributed by atoms with Gasteiger partial charge >= 0.3 is 0 Å². The lowest BCUT2D eigenvalue weighted by molar-refractivity contribution is 0.394. The molecule has 0 bridgehead atoms. The summed E-state index contributed by atoms with van der Waals surface area (Å²) in [5, 5.41) is 0. The molecule has 0 amide bonds. The van der Waals surface area contributed by atoms with Gasteiger partial charge in [0.25, 0.3) is 0 Å². The quantitative estimate of drug-likeness (QED) is 0.593. The second-order valence-corrected chi connectivity index (χ2v) is 7.02. The zero-order chi connectivity index (χ0) is 12.2. The van der Waals surface area contributed by atoms with Crippen molar-refractivity contribution in [3.05, 3.63) is 56.7 Å². The van der Waals surface area contributed by atoms with Gasteiger partial charge in [0.1, 0.15) is 0 Å². The van der Waals surface area contributed by atoms with Gasteiger partial charge in [0, 0.05) is 9.50 Å². The average molecular weight is 336 g/mol. The summed E-state index contributed by atoms with van der Waals surface area (Å²) < 4.78 is 1.38. The van der Waals surface area contributed by atoms with E-state index < -0.39 is 0 Å². The predicted octanol–water partition coefficient (Wildman–Crippen LogP) is 4.87. The van der Waals surface area contributed by atoms with Crippen molar-refractivity contribution in [1.82, 2.24) is 0 Å². The van der Waals surface area contributed by atoms with Crippen molar-refractivity contribution in [3.8, 4) is 0 Å². The van der Waals surface area contributed by atoms with E-state index in [0.717, 1.165) is 0 Å². The maximum absolute atomic E-state index is 2.44. The molecular weight excluding hydrogens is 319 g/mol. The van der Waals surface area contributed by atoms with Crippen molar-refractivity contribution >= 4 is 22.6 Å². The monoisotopic (exact) mass is 336 g/mol. The van der Waals surface area contributed by atoms with Gasteiger partial charge in [0.15, 0.2) is 0 Å². The molecule has 0 saturated heterocycles. The second kappa shape index (κ2) is 3.71. The van der Waals surface area contributed by atoms with Crippen molar-refractivity contribution in [2.24, 2.45) is 5.92 Å². The molecule has 2 aliphatic carbocycles. The first kappa shape index (κ1) is 11.5. The van der Waals surface area contributed by atoms with Crippen molar-refractivity contribution < 1.29 is 0 Å². The lowest BCUT2D eigenvalue weighted by Crippen LogP contribution is -2.25. The minimum absolute atomic E-state index is 0.257. The van der Waals surface area contributed by atoms with E-state index >= 15 is 0 Å². The van der Waals surface area contributed by atoms with E-state index in [2.05, 4.69) is 79.8 Å². The molecule has 0 N–H and O–H groups in total. The Bertz CT molecular complexity index is 534. The first-order valence-corrected chi connectivity index (χ1v) is 7.24. The highest BCUT2D eigenvalue weighted by molar-refractivity contribution is 14.1. The van der Waals surface area contributed by atoms with E-state index in [1.54, 1.807) is 5.56 Å². The second-order valence-electron chi connectivity index (χ2n) is 5.77. The van der Waals surface area contributed by atoms with Crippen molar-refractivity contribution in [2.45, 2.75) is 32.1 Å². The Morgan fingerprint density at radius 2 is 2.00 bits per heavy atom. The SMILES string of the molecule is Cc1ccc2c(c1)C(C)(C)C1C=C(I)C=CC21. The molecule has 17 heavy (non-hydrogen) atoms. The number of fused-ring (bicyclic) bond motifs is 3. The van der Waals surface area contributed by atoms with E-state index in [9.17, 15) is 0 Å². The standard InChI is InChI=1S/C16H17I/c1-10-4-6-12-13-7-5-11(17)9-15(13)16(2,3)14(12)8-10/h4-9,13,15H,1-3H3. The van der Waals surface area contributed by atoms with Gasteiger partial charge in [-0.25, -0.2) is 0 Å². The highest BCUT2D eigenvalue weighted by atomic mass is 127. The summed E-state index contributed by atoms with van der Waals surface area (Å²) in [6.07, 6.45) is 7.09. The summed E-state index contributed by atoms with van der Waals surface area (Å²) in [5.74, 6) is 1.20. The third-order valence-electron chi connectivity index (χ3n) is 4.28. The zero-order valence-electron chi connectivity index (χ0n) is 10.5. The molecule has 1 heteroatoms. The molecular formula is C16H17I. The molecule has 2 unspecified atom stereocenters. The van der Waals surface area contributed by atoms with Crippen LogP contribution in [-0.4, -0.2) is 0 Å². The van der Waals surface area contributed by atoms with Gasteiger partial charge in [-0.3, -0.25) is 0 Å². The van der Waals surface area contributed by atoms with Crippen LogP contribution < -0.4 is 0 Å². The third kappa shape index (κ3) is 1.62. The summed E-state index contributed by atoms with van der Waals surface area (Å²) in [6.45, 7) is 6.96. The van der Waals surface area contributed by atoms with Gasteiger partial charge in [-0.15, -0.1) is 0 Å². The van der Waals surface area contributed by atoms with E-state index in [1.165, 1.54) is 14.7 Å². The molecule has 0 aliphatic heterocycles. The van der Waals surface area contributed by atoms with Crippen LogP contribution in [-0.2, 0) is 5.41 Å². The fourth-order valence-electron chi connectivity index (χ4n) is 3.30. The van der Waals surface area contributed by atoms with Gasteiger partial charge in [-0.1, -0.05) is 55.8 Å². The number of allylic oxidation sites excluding steroid dienone is 4. The first-order chi connectivity index (χ1) is 8.00. The summed E-state index contributed by atoms with van der Waals surface area (Å²) >= 11 is 2.43. The molecule has 0 aromatic heterocycles. The topological polar surface area (TPSA) is 0 Å². The van der Waals surface area contributed by atoms with Crippen LogP contribution in [0.3, 0.4) is 0 Å². The molecule has 0 heterocycles. The van der Waals surface area contributed by atoms with Crippen LogP contribution in [0.2, 0.25) is 0 Å². The van der Waals surface area contributed by atoms with Gasteiger partial charge in [-0.05, 0) is 52.0 Å². The predicted molar refractivity (Wildman–Crippen MR) is 81.7 cm³/mol. The molecule has 0 saturated carbocycles. The average Bonchev–Trinajstić information content (AvgIpc) is 2.49. The minimum Gasteiger partial charge on any atom is -0.0753 e. The molecule has 2 aliphatic rings. The summed E-state index contributed by atoms with van der Waals surface area (Å²) in [5.41, 5.74) is 4.70. The summed E-state index contributed by atoms with van der Waals surface area (Å²) in [6, 6.07) is 6.95. The molecule has 0 radical (unpaired) electrons. The Morgan fingerprint density at radius 1 is 1.24 bits per heavy atom. The van der Waals surface area contributed by atoms with Crippen molar-refractivity contribution in [3.63, 3.8) is 0 Å². The van der Waals surface area contributed by atoms with E-state index in [-0.39, 0.29) is 5.41 Å². The maximum atomic E-state index is 2.44. The van der Waals surface area contributed by atoms with Gasteiger partial charge in [-0.2, -0.15) is 0 Å². The van der Waals surface area contributed by atoms with E-state index in [1.807, 2.05) is 0 Å². The Balaban J connectivity index is 2.21. The Kier molecular flexibility index (Phi) is 2.51. The molecule has 0 nitrogen and oxygen atoms in total. The van der Waals surface area contributed by atoms with Crippen molar-refractivity contribution in [2.75, 3.05) is 0 Å². The molecule has 88 valence electrons. The van der Waals surface area contributed by atoms with Crippen LogP contribution in [0.5, 0.6) is 0 Å². The molecule has 0 spiro atoms. The number of hydrogen-bond donors (Lipinski definition) is 0. The van der Waals surface area contributed by atoms with Crippen molar-refractivity contribution in [1.29, 1.82) is 0 Å². The van der Waals surface area contributed by atoms with Crippen LogP contribution in [0.15, 0.2) is 40.0 Å². The number of benzene rings is 1. The van der Waals surface area contributed by atoms with E-state index in [4.69, 9.17) is 0 Å². The normalized spacial score (nSPS) is 28.6. The van der Waals surface area contributed by atoms with Crippen LogP contribution >= 0.6 is 22.6 Å². The smallest absolute Gasteiger partial charge is 0.00960 e. The molecule has 1 aromatic carbocycles. The van der Waals surface area contributed by atoms with Crippen LogP contribution in [0.25, 0.3) is 0 Å². The largest absolute Gasteiger partial charge is 0.0753 e. The summed E-state index contributed by atoms with van der Waals surface area (Å²) in [4.78, 5) is 0. The Hall–Kier alpha value is -0.570. The fourth-order valence-corrected chi connectivity index (χ4v) is 3.89. The highest BCUT2D eigenvalue weighted by Crippen LogP contribution is 2.53. The lowest BCUT2D eigenvalue weighted by Gasteiger charge is -2.30. The molecule has 2 atom stereocenters. The first-order valence-electron chi connectivity index (χ1n) is 6.17. The number of hydrogen-bond acceptors (Lipinski definition) is 0. The third-order valence-corrected chi connectivity index (χ3v) is 5.00. The van der Waals surface area contributed by atoms with Crippen LogP contribution in [0.1, 0.15) is 36.5 Å². The molecule has 0 fully saturated rings. The lowest BCUT2D eigenvalue weighted by atomic mass is 9.74. The molecule has 1 aromatic rings. The van der Waals surface area contributed by atoms with Gasteiger partial charge < -0.3 is 0 Å². The minimum atomic E-state index is 0.257. The van der Waals surface area contributed by atoms with Crippen LogP contribution in [0.4, 0.5) is 0 Å². The number of rotatable bonds is 0. The number of aryl methyl sites for hydroxylation is 1. The van der Waals surface area contributed by atoms with E-state index in [0.29, 0.717) is 11.8 Å². The van der Waals surface area contributed by atoms with Gasteiger partial charge in [0.05, 0.1) is 0 Å². The summed E-state index contributed by atoms with van der Waals surface area (Å²) in [7, 11) is 0. The maximum Gasteiger partial charge on any atom is 0.00960 e. The Morgan fingerprint density at radius 3 is 2.76 bits per heavy atom. The zero-order valence-corrected chi connectivity index (χ0v) is 12.7. The van der Waals surface area contributed by atoms with Gasteiger partial charge in [0.2, 0.25) is 0 Å².